The summed E-state index contributed by atoms with van der Waals surface area (Å²) in [6.07, 6.45) is -4.43. The molecule has 5 atom stereocenters. The van der Waals surface area contributed by atoms with Crippen LogP contribution in [0, 0.1) is 6.92 Å². The summed E-state index contributed by atoms with van der Waals surface area (Å²) in [6, 6.07) is 12.2. The van der Waals surface area contributed by atoms with Crippen molar-refractivity contribution in [1.82, 2.24) is 0 Å². The van der Waals surface area contributed by atoms with Gasteiger partial charge in [-0.2, -0.15) is 0 Å². The summed E-state index contributed by atoms with van der Waals surface area (Å²) in [5, 5.41) is 0. The van der Waals surface area contributed by atoms with Crippen molar-refractivity contribution >= 4 is 36.5 Å². The fourth-order valence-electron chi connectivity index (χ4n) is 6.00. The van der Waals surface area contributed by atoms with E-state index in [1.54, 1.807) is 0 Å². The van der Waals surface area contributed by atoms with Gasteiger partial charge in [-0.05, 0) is 80.7 Å². The molecule has 0 bridgehead atoms. The summed E-state index contributed by atoms with van der Waals surface area (Å²) >= 11 is 0. The van der Waals surface area contributed by atoms with Crippen molar-refractivity contribution in [3.8, 4) is 0 Å². The third kappa shape index (κ3) is 8.45. The van der Waals surface area contributed by atoms with E-state index in [0.29, 0.717) is 12.0 Å². The van der Waals surface area contributed by atoms with Gasteiger partial charge in [0.2, 0.25) is 0 Å². The quantitative estimate of drug-likeness (QED) is 0.205. The second-order valence-electron chi connectivity index (χ2n) is 13.4. The van der Waals surface area contributed by atoms with Crippen LogP contribution in [0.2, 0.25) is 0 Å². The van der Waals surface area contributed by atoms with Crippen LogP contribution in [-0.2, 0) is 65.0 Å². The van der Waals surface area contributed by atoms with Crippen LogP contribution in [-0.4, -0.2) is 73.2 Å². The molecule has 0 N–H and O–H groups in total. The van der Waals surface area contributed by atoms with Crippen LogP contribution in [0.4, 0.5) is 0 Å². The van der Waals surface area contributed by atoms with Crippen LogP contribution in [0.15, 0.2) is 36.4 Å². The molecule has 2 aliphatic rings. The smallest absolute Gasteiger partial charge is 0.463 e. The van der Waals surface area contributed by atoms with Gasteiger partial charge in [0.05, 0.1) is 11.2 Å². The van der Waals surface area contributed by atoms with E-state index < -0.39 is 72.7 Å². The monoisotopic (exact) mass is 666 g/mol. The van der Waals surface area contributed by atoms with E-state index in [1.165, 1.54) is 33.3 Å². The molecule has 2 saturated heterocycles. The minimum atomic E-state index is -1.29. The van der Waals surface area contributed by atoms with Crippen molar-refractivity contribution in [3.05, 3.63) is 64.2 Å². The number of benzene rings is 2. The normalized spacial score (nSPS) is 24.5. The highest BCUT2D eigenvalue weighted by atomic mass is 16.7. The Kier molecular flexibility index (Phi) is 11.4. The van der Waals surface area contributed by atoms with Gasteiger partial charge in [-0.25, -0.2) is 0 Å². The molecular formula is C36H47BO11. The van der Waals surface area contributed by atoms with Gasteiger partial charge in [0.1, 0.15) is 18.8 Å². The largest absolute Gasteiger partial charge is 0.495 e. The maximum Gasteiger partial charge on any atom is 0.495 e. The molecule has 0 radical (unpaired) electrons. The van der Waals surface area contributed by atoms with Gasteiger partial charge < -0.3 is 33.0 Å². The summed E-state index contributed by atoms with van der Waals surface area (Å²) in [5.74, 6) is -2.64. The third-order valence-corrected chi connectivity index (χ3v) is 9.23. The second-order valence-corrected chi connectivity index (χ2v) is 13.4. The molecule has 2 aromatic rings. The number of carbonyl (C=O) groups excluding carboxylic acids is 4. The Bertz CT molecular complexity index is 1500. The van der Waals surface area contributed by atoms with Crippen LogP contribution < -0.4 is 5.46 Å². The lowest BCUT2D eigenvalue weighted by Crippen LogP contribution is -2.59. The molecule has 260 valence electrons. The van der Waals surface area contributed by atoms with Gasteiger partial charge in [0, 0.05) is 27.7 Å². The fraction of sp³-hybridized carbons (Fsp3) is 0.556. The average molecular weight is 667 g/mol. The Morgan fingerprint density at radius 3 is 1.79 bits per heavy atom. The standard InChI is InChI=1S/C36H47BO11/c1-11-25-12-14-26(15-13-25)16-27-17-28(18-29(20(27)2)37-47-35(7,8)36(9,10)48-37)31-33(44-23(5)40)34(45-24(6)41)32(43-22(4)39)30(46-31)19-42-21(3)38/h12-15,17-18,30-34H,11,16,19H2,1-10H3/t30-,31+,32-,33+,34+/m1/s1. The molecule has 11 nitrogen and oxygen atoms in total. The van der Waals surface area contributed by atoms with Gasteiger partial charge in [0.15, 0.2) is 18.3 Å². The number of ether oxygens (including phenoxy) is 5. The van der Waals surface area contributed by atoms with Crippen molar-refractivity contribution in [1.29, 1.82) is 0 Å². The zero-order chi connectivity index (χ0) is 35.6. The zero-order valence-corrected chi connectivity index (χ0v) is 29.5. The fourth-order valence-corrected chi connectivity index (χ4v) is 6.00. The van der Waals surface area contributed by atoms with Crippen LogP contribution in [0.3, 0.4) is 0 Å². The van der Waals surface area contributed by atoms with Crippen molar-refractivity contribution in [2.75, 3.05) is 6.61 Å². The number of hydrogen-bond acceptors (Lipinski definition) is 11. The molecular weight excluding hydrogens is 619 g/mol. The molecule has 2 heterocycles. The van der Waals surface area contributed by atoms with E-state index in [-0.39, 0.29) is 6.61 Å². The SMILES string of the molecule is CCc1ccc(Cc2cc([C@@H]3O[C@H](COC(C)=O)[C@@H](OC(C)=O)[C@H](OC(C)=O)[C@H]3OC(C)=O)cc(B3OC(C)(C)C(C)(C)O3)c2C)cc1. The lowest BCUT2D eigenvalue weighted by atomic mass is 9.72. The predicted molar refractivity (Wildman–Crippen MR) is 176 cm³/mol. The molecule has 4 rings (SSSR count). The maximum atomic E-state index is 12.5. The number of carbonyl (C=O) groups is 4. The van der Waals surface area contributed by atoms with E-state index in [1.807, 2.05) is 46.8 Å². The van der Waals surface area contributed by atoms with Gasteiger partial charge in [-0.15, -0.1) is 0 Å². The molecule has 0 aromatic heterocycles. The van der Waals surface area contributed by atoms with Crippen molar-refractivity contribution in [2.24, 2.45) is 0 Å². The maximum absolute atomic E-state index is 12.5. The summed E-state index contributed by atoms with van der Waals surface area (Å²) < 4.78 is 41.9. The minimum absolute atomic E-state index is 0.319. The Morgan fingerprint density at radius 1 is 0.750 bits per heavy atom. The van der Waals surface area contributed by atoms with Crippen LogP contribution in [0.5, 0.6) is 0 Å². The summed E-state index contributed by atoms with van der Waals surface area (Å²) in [5.41, 5.74) is 4.27. The van der Waals surface area contributed by atoms with Crippen LogP contribution >= 0.6 is 0 Å². The Labute approximate surface area is 283 Å². The van der Waals surface area contributed by atoms with E-state index in [9.17, 15) is 19.2 Å². The first-order valence-electron chi connectivity index (χ1n) is 16.3. The first-order valence-corrected chi connectivity index (χ1v) is 16.3. The van der Waals surface area contributed by atoms with E-state index in [4.69, 9.17) is 33.0 Å². The van der Waals surface area contributed by atoms with Gasteiger partial charge >= 0.3 is 31.0 Å². The van der Waals surface area contributed by atoms with Crippen molar-refractivity contribution < 1.29 is 52.2 Å². The molecule has 0 unspecified atom stereocenters. The van der Waals surface area contributed by atoms with E-state index in [0.717, 1.165) is 28.6 Å². The molecule has 12 heteroatoms. The topological polar surface area (TPSA) is 133 Å². The molecule has 2 fully saturated rings. The summed E-state index contributed by atoms with van der Waals surface area (Å²) in [4.78, 5) is 49.1. The first kappa shape index (κ1) is 37.1. The van der Waals surface area contributed by atoms with Crippen LogP contribution in [0.1, 0.15) is 96.2 Å². The minimum Gasteiger partial charge on any atom is -0.463 e. The molecule has 0 saturated carbocycles. The number of rotatable bonds is 10. The summed E-state index contributed by atoms with van der Waals surface area (Å²) in [7, 11) is -0.734. The van der Waals surface area contributed by atoms with E-state index >= 15 is 0 Å². The molecule has 2 aromatic carbocycles. The van der Waals surface area contributed by atoms with E-state index in [2.05, 4.69) is 31.2 Å². The molecule has 2 aliphatic heterocycles. The lowest BCUT2D eigenvalue weighted by molar-refractivity contribution is -0.254. The van der Waals surface area contributed by atoms with Crippen molar-refractivity contribution in [3.63, 3.8) is 0 Å². The number of aryl methyl sites for hydroxylation is 1. The number of esters is 4. The molecule has 0 aliphatic carbocycles. The predicted octanol–water partition coefficient (Wildman–Crippen LogP) is 4.25. The second kappa shape index (κ2) is 14.8. The lowest BCUT2D eigenvalue weighted by Gasteiger charge is -2.44. The summed E-state index contributed by atoms with van der Waals surface area (Å²) in [6.45, 7) is 16.5. The molecule has 48 heavy (non-hydrogen) atoms. The van der Waals surface area contributed by atoms with Gasteiger partial charge in [0.25, 0.3) is 0 Å². The Morgan fingerprint density at radius 2 is 1.27 bits per heavy atom. The zero-order valence-electron chi connectivity index (χ0n) is 29.5. The third-order valence-electron chi connectivity index (χ3n) is 9.23. The highest BCUT2D eigenvalue weighted by Gasteiger charge is 2.54. The first-order chi connectivity index (χ1) is 22.4. The molecule has 0 amide bonds. The van der Waals surface area contributed by atoms with Gasteiger partial charge in [-0.3, -0.25) is 19.2 Å². The highest BCUT2D eigenvalue weighted by molar-refractivity contribution is 6.62. The Balaban J connectivity index is 1.91. The van der Waals surface area contributed by atoms with Crippen LogP contribution in [0.25, 0.3) is 0 Å². The van der Waals surface area contributed by atoms with Gasteiger partial charge in [-0.1, -0.05) is 43.3 Å². The average Bonchev–Trinajstić information content (AvgIpc) is 3.20. The highest BCUT2D eigenvalue weighted by Crippen LogP contribution is 2.40. The number of hydrogen-bond donors (Lipinski definition) is 0. The van der Waals surface area contributed by atoms with Crippen molar-refractivity contribution in [2.45, 2.75) is 124 Å². The Hall–Kier alpha value is -3.74. The molecule has 0 spiro atoms.